The molecule has 5 nitrogen and oxygen atoms in total. The van der Waals surface area contributed by atoms with Gasteiger partial charge in [-0.05, 0) is 46.5 Å². The number of hydrogen-bond donors (Lipinski definition) is 2. The molecule has 2 saturated carbocycles. The van der Waals surface area contributed by atoms with Crippen molar-refractivity contribution >= 4 is 6.09 Å². The Labute approximate surface area is 141 Å². The van der Waals surface area contributed by atoms with Crippen LogP contribution in [-0.2, 0) is 4.74 Å². The van der Waals surface area contributed by atoms with Crippen LogP contribution in [0.2, 0.25) is 0 Å². The first kappa shape index (κ1) is 18.5. The molecule has 0 spiro atoms. The Kier molecular flexibility index (Phi) is 6.72. The van der Waals surface area contributed by atoms with Crippen molar-refractivity contribution in [2.24, 2.45) is 5.73 Å². The number of nitrogens with one attached hydrogen (secondary N) is 1. The first-order valence-corrected chi connectivity index (χ1v) is 9.34. The average Bonchev–Trinajstić information content (AvgIpc) is 2.68. The zero-order valence-corrected chi connectivity index (χ0v) is 15.1. The van der Waals surface area contributed by atoms with Crippen molar-refractivity contribution in [3.63, 3.8) is 0 Å². The molecule has 0 heterocycles. The van der Waals surface area contributed by atoms with Crippen molar-refractivity contribution in [1.82, 2.24) is 10.2 Å². The zero-order valence-electron chi connectivity index (χ0n) is 15.1. The van der Waals surface area contributed by atoms with E-state index in [4.69, 9.17) is 10.5 Å². The standard InChI is InChI=1S/C18H35N3O2/c1-18(2,3)23-17(22)21(16-8-6-4-5-7-9-16)11-10-20-15-12-14(19)13-15/h14-16,20H,4-13,19H2,1-3H3. The maximum Gasteiger partial charge on any atom is 0.410 e. The largest absolute Gasteiger partial charge is 0.444 e. The summed E-state index contributed by atoms with van der Waals surface area (Å²) in [5.41, 5.74) is 5.39. The molecule has 0 radical (unpaired) electrons. The summed E-state index contributed by atoms with van der Waals surface area (Å²) in [6, 6.07) is 1.22. The fourth-order valence-corrected chi connectivity index (χ4v) is 3.53. The molecule has 23 heavy (non-hydrogen) atoms. The third-order valence-corrected chi connectivity index (χ3v) is 4.85. The first-order valence-electron chi connectivity index (χ1n) is 9.34. The highest BCUT2D eigenvalue weighted by atomic mass is 16.6. The highest BCUT2D eigenvalue weighted by Crippen LogP contribution is 2.24. The van der Waals surface area contributed by atoms with Crippen molar-refractivity contribution in [3.05, 3.63) is 0 Å². The minimum Gasteiger partial charge on any atom is -0.444 e. The molecule has 2 aliphatic rings. The minimum absolute atomic E-state index is 0.156. The lowest BCUT2D eigenvalue weighted by atomic mass is 9.88. The normalized spacial score (nSPS) is 26.3. The number of nitrogens with zero attached hydrogens (tertiary/aromatic N) is 1. The third-order valence-electron chi connectivity index (χ3n) is 4.85. The van der Waals surface area contributed by atoms with E-state index < -0.39 is 5.60 Å². The highest BCUT2D eigenvalue weighted by molar-refractivity contribution is 5.68. The number of rotatable bonds is 5. The van der Waals surface area contributed by atoms with E-state index in [1.165, 1.54) is 25.7 Å². The van der Waals surface area contributed by atoms with Gasteiger partial charge in [-0.15, -0.1) is 0 Å². The van der Waals surface area contributed by atoms with Crippen LogP contribution in [0.1, 0.15) is 72.1 Å². The second-order valence-electron chi connectivity index (χ2n) is 8.20. The van der Waals surface area contributed by atoms with Gasteiger partial charge < -0.3 is 20.7 Å². The van der Waals surface area contributed by atoms with E-state index in [9.17, 15) is 4.79 Å². The van der Waals surface area contributed by atoms with Gasteiger partial charge in [-0.25, -0.2) is 4.79 Å². The maximum atomic E-state index is 12.6. The second kappa shape index (κ2) is 8.34. The number of carbonyl (C=O) groups excluding carboxylic acids is 1. The van der Waals surface area contributed by atoms with E-state index >= 15 is 0 Å². The van der Waals surface area contributed by atoms with E-state index in [0.29, 0.717) is 18.1 Å². The van der Waals surface area contributed by atoms with Gasteiger partial charge in [0.2, 0.25) is 0 Å². The van der Waals surface area contributed by atoms with Crippen LogP contribution >= 0.6 is 0 Å². The number of amides is 1. The van der Waals surface area contributed by atoms with Gasteiger partial charge in [0.05, 0.1) is 0 Å². The SMILES string of the molecule is CC(C)(C)OC(=O)N(CCNC1CC(N)C1)C1CCCCCC1. The van der Waals surface area contributed by atoms with Gasteiger partial charge in [0, 0.05) is 31.2 Å². The van der Waals surface area contributed by atoms with Gasteiger partial charge in [-0.1, -0.05) is 25.7 Å². The molecule has 0 bridgehead atoms. The molecule has 2 aliphatic carbocycles. The molecule has 0 aromatic rings. The Morgan fingerprint density at radius 1 is 1.17 bits per heavy atom. The van der Waals surface area contributed by atoms with Gasteiger partial charge in [0.1, 0.15) is 5.60 Å². The van der Waals surface area contributed by atoms with Crippen LogP contribution in [0.3, 0.4) is 0 Å². The van der Waals surface area contributed by atoms with Crippen LogP contribution in [0.4, 0.5) is 4.79 Å². The van der Waals surface area contributed by atoms with Crippen LogP contribution in [0.25, 0.3) is 0 Å². The van der Waals surface area contributed by atoms with Crippen LogP contribution in [0.5, 0.6) is 0 Å². The Morgan fingerprint density at radius 3 is 2.30 bits per heavy atom. The quantitative estimate of drug-likeness (QED) is 0.763. The molecule has 1 amide bonds. The van der Waals surface area contributed by atoms with Gasteiger partial charge in [0.25, 0.3) is 0 Å². The van der Waals surface area contributed by atoms with Gasteiger partial charge >= 0.3 is 6.09 Å². The lowest BCUT2D eigenvalue weighted by Gasteiger charge is -2.36. The summed E-state index contributed by atoms with van der Waals surface area (Å²) < 4.78 is 5.65. The highest BCUT2D eigenvalue weighted by Gasteiger charge is 2.30. The Morgan fingerprint density at radius 2 is 1.78 bits per heavy atom. The molecular formula is C18H35N3O2. The lowest BCUT2D eigenvalue weighted by Crippen LogP contribution is -2.52. The van der Waals surface area contributed by atoms with E-state index in [1.807, 2.05) is 25.7 Å². The van der Waals surface area contributed by atoms with Gasteiger partial charge in [0.15, 0.2) is 0 Å². The number of nitrogens with two attached hydrogens (primary N) is 1. The lowest BCUT2D eigenvalue weighted by molar-refractivity contribution is 0.0143. The summed E-state index contributed by atoms with van der Waals surface area (Å²) in [4.78, 5) is 14.6. The monoisotopic (exact) mass is 325 g/mol. The minimum atomic E-state index is -0.436. The van der Waals surface area contributed by atoms with E-state index in [-0.39, 0.29) is 6.09 Å². The van der Waals surface area contributed by atoms with Crippen LogP contribution < -0.4 is 11.1 Å². The van der Waals surface area contributed by atoms with Gasteiger partial charge in [-0.2, -0.15) is 0 Å². The molecule has 0 aromatic carbocycles. The van der Waals surface area contributed by atoms with E-state index in [1.54, 1.807) is 0 Å². The number of carbonyl (C=O) groups is 1. The predicted molar refractivity (Wildman–Crippen MR) is 93.4 cm³/mol. The fourth-order valence-electron chi connectivity index (χ4n) is 3.53. The third kappa shape index (κ3) is 6.30. The summed E-state index contributed by atoms with van der Waals surface area (Å²) in [6.07, 6.45) is 9.17. The number of hydrogen-bond acceptors (Lipinski definition) is 4. The first-order chi connectivity index (χ1) is 10.8. The molecule has 0 atom stereocenters. The molecule has 0 aliphatic heterocycles. The molecule has 2 fully saturated rings. The second-order valence-corrected chi connectivity index (χ2v) is 8.20. The Balaban J connectivity index is 1.88. The van der Waals surface area contributed by atoms with Crippen molar-refractivity contribution in [2.45, 2.75) is 95.9 Å². The zero-order chi connectivity index (χ0) is 16.9. The van der Waals surface area contributed by atoms with Crippen LogP contribution in [-0.4, -0.2) is 47.8 Å². The molecular weight excluding hydrogens is 290 g/mol. The summed E-state index contributed by atoms with van der Waals surface area (Å²) in [6.45, 7) is 7.36. The van der Waals surface area contributed by atoms with Crippen molar-refractivity contribution in [3.8, 4) is 0 Å². The fraction of sp³-hybridized carbons (Fsp3) is 0.944. The van der Waals surface area contributed by atoms with Gasteiger partial charge in [-0.3, -0.25) is 0 Å². The van der Waals surface area contributed by atoms with E-state index in [0.717, 1.165) is 38.8 Å². The summed E-state index contributed by atoms with van der Waals surface area (Å²) in [5.74, 6) is 0. The van der Waals surface area contributed by atoms with E-state index in [2.05, 4.69) is 5.32 Å². The average molecular weight is 325 g/mol. The molecule has 0 saturated heterocycles. The van der Waals surface area contributed by atoms with Crippen molar-refractivity contribution in [1.29, 1.82) is 0 Å². The molecule has 134 valence electrons. The predicted octanol–water partition coefficient (Wildman–Crippen LogP) is 3.03. The molecule has 0 aromatic heterocycles. The summed E-state index contributed by atoms with van der Waals surface area (Å²) in [5, 5.41) is 3.52. The molecule has 5 heteroatoms. The summed E-state index contributed by atoms with van der Waals surface area (Å²) >= 11 is 0. The van der Waals surface area contributed by atoms with Crippen molar-refractivity contribution in [2.75, 3.05) is 13.1 Å². The summed E-state index contributed by atoms with van der Waals surface area (Å²) in [7, 11) is 0. The van der Waals surface area contributed by atoms with Crippen LogP contribution in [0, 0.1) is 0 Å². The topological polar surface area (TPSA) is 67.6 Å². The maximum absolute atomic E-state index is 12.6. The van der Waals surface area contributed by atoms with Crippen LogP contribution in [0.15, 0.2) is 0 Å². The Bertz CT molecular complexity index is 367. The smallest absolute Gasteiger partial charge is 0.410 e. The number of ether oxygens (including phenoxy) is 1. The molecule has 2 rings (SSSR count). The molecule has 3 N–H and O–H groups in total. The molecule has 0 unspecified atom stereocenters. The Hall–Kier alpha value is -0.810. The van der Waals surface area contributed by atoms with Crippen molar-refractivity contribution < 1.29 is 9.53 Å².